The number of carbonyl (C=O) groups is 1. The van der Waals surface area contributed by atoms with Crippen molar-refractivity contribution in [3.05, 3.63) is 0 Å². The number of hydrogen-bond donors (Lipinski definition) is 2. The van der Waals surface area contributed by atoms with Gasteiger partial charge < -0.3 is 0 Å². The van der Waals surface area contributed by atoms with Crippen LogP contribution in [0.2, 0.25) is 0 Å². The Balaban J connectivity index is 3.54. The molecule has 0 saturated carbocycles. The number of carbonyl (C=O) groups excluding carboxylic acids is 1. The number of amides is 1. The van der Waals surface area contributed by atoms with Crippen LogP contribution in [0.3, 0.4) is 0 Å². The average Bonchev–Trinajstić information content (AvgIpc) is 2.32. The second kappa shape index (κ2) is 10.5. The molecule has 102 valence electrons. The van der Waals surface area contributed by atoms with Crippen LogP contribution in [-0.4, -0.2) is 21.5 Å². The minimum atomic E-state index is -0.585. The maximum atomic E-state index is 11.3. The predicted molar refractivity (Wildman–Crippen MR) is 66.8 cm³/mol. The van der Waals surface area contributed by atoms with E-state index in [2.05, 4.69) is 6.92 Å². The van der Waals surface area contributed by atoms with E-state index >= 15 is 0 Å². The third-order valence-corrected chi connectivity index (χ3v) is 3.20. The first kappa shape index (κ1) is 16.4. The van der Waals surface area contributed by atoms with E-state index in [0.717, 1.165) is 19.3 Å². The van der Waals surface area contributed by atoms with Crippen molar-refractivity contribution in [3.8, 4) is 0 Å². The highest BCUT2D eigenvalue weighted by molar-refractivity contribution is 5.76. The minimum absolute atomic E-state index is 0.249. The molecule has 2 N–H and O–H groups in total. The highest BCUT2D eigenvalue weighted by Crippen LogP contribution is 2.16. The molecule has 4 heteroatoms. The topological polar surface area (TPSA) is 60.8 Å². The van der Waals surface area contributed by atoms with Crippen molar-refractivity contribution in [3.63, 3.8) is 0 Å². The summed E-state index contributed by atoms with van der Waals surface area (Å²) in [5.41, 5.74) is 0. The summed E-state index contributed by atoms with van der Waals surface area (Å²) in [6.45, 7) is 4.10. The van der Waals surface area contributed by atoms with E-state index < -0.39 is 5.91 Å². The van der Waals surface area contributed by atoms with Crippen LogP contribution in [0, 0.1) is 5.92 Å². The SMILES string of the molecule is CCCCCCCCCC(CC)C(=O)N(O)O. The van der Waals surface area contributed by atoms with Crippen LogP contribution < -0.4 is 0 Å². The van der Waals surface area contributed by atoms with Crippen LogP contribution in [-0.2, 0) is 4.79 Å². The molecule has 17 heavy (non-hydrogen) atoms. The van der Waals surface area contributed by atoms with E-state index in [1.807, 2.05) is 6.92 Å². The Hall–Kier alpha value is -0.610. The van der Waals surface area contributed by atoms with Crippen molar-refractivity contribution >= 4 is 5.91 Å². The number of hydroxylamine groups is 2. The third kappa shape index (κ3) is 8.16. The van der Waals surface area contributed by atoms with Gasteiger partial charge in [-0.15, -0.1) is 0 Å². The summed E-state index contributed by atoms with van der Waals surface area (Å²) in [5.74, 6) is -0.834. The van der Waals surface area contributed by atoms with Gasteiger partial charge in [-0.1, -0.05) is 64.0 Å². The summed E-state index contributed by atoms with van der Waals surface area (Å²) in [7, 11) is 0. The Labute approximate surface area is 105 Å². The van der Waals surface area contributed by atoms with Gasteiger partial charge in [0.1, 0.15) is 0 Å². The maximum Gasteiger partial charge on any atom is 0.276 e. The van der Waals surface area contributed by atoms with Gasteiger partial charge in [0.2, 0.25) is 0 Å². The summed E-state index contributed by atoms with van der Waals surface area (Å²) in [6.07, 6.45) is 9.88. The molecule has 4 nitrogen and oxygen atoms in total. The molecule has 0 fully saturated rings. The zero-order valence-corrected chi connectivity index (χ0v) is 11.2. The van der Waals surface area contributed by atoms with Crippen LogP contribution in [0.15, 0.2) is 0 Å². The van der Waals surface area contributed by atoms with Crippen LogP contribution in [0.1, 0.15) is 71.6 Å². The summed E-state index contributed by atoms with van der Waals surface area (Å²) < 4.78 is 0. The lowest BCUT2D eigenvalue weighted by atomic mass is 9.97. The zero-order chi connectivity index (χ0) is 13.1. The van der Waals surface area contributed by atoms with E-state index in [1.54, 1.807) is 0 Å². The Kier molecular flexibility index (Phi) is 10.2. The number of hydrogen-bond acceptors (Lipinski definition) is 3. The molecular formula is C13H27NO3. The van der Waals surface area contributed by atoms with E-state index in [-0.39, 0.29) is 11.1 Å². The normalized spacial score (nSPS) is 12.5. The Bertz CT molecular complexity index is 195. The molecule has 0 bridgehead atoms. The van der Waals surface area contributed by atoms with Crippen molar-refractivity contribution in [2.24, 2.45) is 5.92 Å². The van der Waals surface area contributed by atoms with Crippen molar-refractivity contribution in [2.75, 3.05) is 0 Å². The molecule has 0 spiro atoms. The summed E-state index contributed by atoms with van der Waals surface area (Å²) >= 11 is 0. The lowest BCUT2D eigenvalue weighted by Gasteiger charge is -2.15. The summed E-state index contributed by atoms with van der Waals surface area (Å²) in [6, 6.07) is 0. The van der Waals surface area contributed by atoms with Crippen LogP contribution >= 0.6 is 0 Å². The van der Waals surface area contributed by atoms with Gasteiger partial charge in [-0.2, -0.15) is 0 Å². The van der Waals surface area contributed by atoms with E-state index in [9.17, 15) is 4.79 Å². The number of rotatable bonds is 10. The zero-order valence-electron chi connectivity index (χ0n) is 11.2. The molecule has 0 aromatic rings. The van der Waals surface area contributed by atoms with Crippen LogP contribution in [0.4, 0.5) is 0 Å². The molecular weight excluding hydrogens is 218 g/mol. The Morgan fingerprint density at radius 2 is 1.53 bits per heavy atom. The highest BCUT2D eigenvalue weighted by atomic mass is 16.8. The second-order valence-corrected chi connectivity index (χ2v) is 4.64. The molecule has 0 aromatic carbocycles. The molecule has 1 amide bonds. The first-order chi connectivity index (χ1) is 8.13. The number of nitrogens with zero attached hydrogens (tertiary/aromatic N) is 1. The standard InChI is InChI=1S/C13H27NO3/c1-3-5-6-7-8-9-10-11-12(4-2)13(15)14(16)17/h12,16-17H,3-11H2,1-2H3. The van der Waals surface area contributed by atoms with Gasteiger partial charge in [0, 0.05) is 5.92 Å². The van der Waals surface area contributed by atoms with E-state index in [1.165, 1.54) is 32.1 Å². The van der Waals surface area contributed by atoms with Crippen molar-refractivity contribution < 1.29 is 15.2 Å². The van der Waals surface area contributed by atoms with Gasteiger partial charge in [-0.05, 0) is 12.8 Å². The average molecular weight is 245 g/mol. The fourth-order valence-electron chi connectivity index (χ4n) is 2.01. The lowest BCUT2D eigenvalue weighted by Crippen LogP contribution is -2.30. The van der Waals surface area contributed by atoms with Crippen LogP contribution in [0.25, 0.3) is 0 Å². The molecule has 0 aliphatic heterocycles. The monoisotopic (exact) mass is 245 g/mol. The van der Waals surface area contributed by atoms with Gasteiger partial charge in [-0.25, -0.2) is 0 Å². The Morgan fingerprint density at radius 3 is 2.00 bits per heavy atom. The quantitative estimate of drug-likeness (QED) is 0.350. The fourth-order valence-corrected chi connectivity index (χ4v) is 2.01. The molecule has 0 aliphatic rings. The van der Waals surface area contributed by atoms with Gasteiger partial charge in [0.05, 0.1) is 0 Å². The van der Waals surface area contributed by atoms with Crippen molar-refractivity contribution in [1.29, 1.82) is 0 Å². The van der Waals surface area contributed by atoms with E-state index in [0.29, 0.717) is 6.42 Å². The molecule has 0 aliphatic carbocycles. The largest absolute Gasteiger partial charge is 0.276 e. The number of unbranched alkanes of at least 4 members (excludes halogenated alkanes) is 6. The van der Waals surface area contributed by atoms with Gasteiger partial charge in [0.25, 0.3) is 5.91 Å². The molecule has 0 radical (unpaired) electrons. The molecule has 0 aromatic heterocycles. The van der Waals surface area contributed by atoms with Gasteiger partial charge in [0.15, 0.2) is 0 Å². The second-order valence-electron chi connectivity index (χ2n) is 4.64. The predicted octanol–water partition coefficient (Wildman–Crippen LogP) is 3.76. The van der Waals surface area contributed by atoms with E-state index in [4.69, 9.17) is 10.4 Å². The fraction of sp³-hybridized carbons (Fsp3) is 0.923. The Morgan fingerprint density at radius 1 is 1.00 bits per heavy atom. The first-order valence-corrected chi connectivity index (χ1v) is 6.85. The molecule has 1 atom stereocenters. The summed E-state index contributed by atoms with van der Waals surface area (Å²) in [4.78, 5) is 11.3. The summed E-state index contributed by atoms with van der Waals surface area (Å²) in [5, 5.41) is 17.1. The molecule has 0 heterocycles. The molecule has 0 rings (SSSR count). The van der Waals surface area contributed by atoms with Gasteiger partial charge in [-0.3, -0.25) is 15.2 Å². The minimum Gasteiger partial charge on any atom is -0.270 e. The molecule has 1 unspecified atom stereocenters. The third-order valence-electron chi connectivity index (χ3n) is 3.20. The first-order valence-electron chi connectivity index (χ1n) is 6.85. The smallest absolute Gasteiger partial charge is 0.270 e. The van der Waals surface area contributed by atoms with Crippen molar-refractivity contribution in [1.82, 2.24) is 5.23 Å². The maximum absolute atomic E-state index is 11.3. The van der Waals surface area contributed by atoms with Crippen molar-refractivity contribution in [2.45, 2.75) is 71.6 Å². The highest BCUT2D eigenvalue weighted by Gasteiger charge is 2.20. The van der Waals surface area contributed by atoms with Crippen LogP contribution in [0.5, 0.6) is 0 Å². The molecule has 0 saturated heterocycles. The lowest BCUT2D eigenvalue weighted by molar-refractivity contribution is -0.288. The van der Waals surface area contributed by atoms with Gasteiger partial charge >= 0.3 is 0 Å².